The van der Waals surface area contributed by atoms with Crippen molar-refractivity contribution < 1.29 is 9.21 Å². The molecule has 0 bridgehead atoms. The van der Waals surface area contributed by atoms with Crippen molar-refractivity contribution in [2.24, 2.45) is 0 Å². The summed E-state index contributed by atoms with van der Waals surface area (Å²) in [6.45, 7) is 0.276. The fourth-order valence-corrected chi connectivity index (χ4v) is 4.28. The highest BCUT2D eigenvalue weighted by Crippen LogP contribution is 2.31. The van der Waals surface area contributed by atoms with Crippen molar-refractivity contribution in [1.82, 2.24) is 25.1 Å². The number of carbonyl (C=O) groups excluding carboxylic acids is 1. The van der Waals surface area contributed by atoms with Crippen LogP contribution >= 0.6 is 22.9 Å². The summed E-state index contributed by atoms with van der Waals surface area (Å²) in [5.74, 6) is 0.740. The molecule has 4 aromatic rings. The molecule has 1 fully saturated rings. The Morgan fingerprint density at radius 3 is 2.77 bits per heavy atom. The zero-order valence-electron chi connectivity index (χ0n) is 16.4. The third-order valence-electron chi connectivity index (χ3n) is 4.95. The topological polar surface area (TPSA) is 85.0 Å². The van der Waals surface area contributed by atoms with Gasteiger partial charge in [0.05, 0.1) is 34.9 Å². The zero-order valence-corrected chi connectivity index (χ0v) is 18.0. The summed E-state index contributed by atoms with van der Waals surface area (Å²) in [5.41, 5.74) is 2.23. The maximum absolute atomic E-state index is 13.0. The molecule has 0 aliphatic heterocycles. The Balaban J connectivity index is 1.29. The van der Waals surface area contributed by atoms with E-state index in [-0.39, 0.29) is 24.9 Å². The van der Waals surface area contributed by atoms with Gasteiger partial charge in [-0.25, -0.2) is 4.98 Å². The van der Waals surface area contributed by atoms with Crippen LogP contribution in [0.1, 0.15) is 24.4 Å². The highest BCUT2D eigenvalue weighted by molar-refractivity contribution is 7.13. The minimum absolute atomic E-state index is 0.00198. The summed E-state index contributed by atoms with van der Waals surface area (Å²) in [7, 11) is 0. The number of halogens is 1. The molecular formula is C22H18ClN5O2S. The molecule has 31 heavy (non-hydrogen) atoms. The number of hydrogen-bond acceptors (Lipinski definition) is 7. The number of thiazole rings is 1. The van der Waals surface area contributed by atoms with Crippen molar-refractivity contribution >= 4 is 28.8 Å². The second-order valence-corrected chi connectivity index (χ2v) is 8.53. The molecule has 0 saturated heterocycles. The van der Waals surface area contributed by atoms with Crippen molar-refractivity contribution in [3.8, 4) is 22.2 Å². The molecule has 1 aliphatic rings. The number of carbonyl (C=O) groups is 1. The van der Waals surface area contributed by atoms with E-state index in [9.17, 15) is 4.79 Å². The lowest BCUT2D eigenvalue weighted by Gasteiger charge is -2.20. The Morgan fingerprint density at radius 2 is 2.00 bits per heavy atom. The van der Waals surface area contributed by atoms with Gasteiger partial charge < -0.3 is 9.32 Å². The normalized spacial score (nSPS) is 13.3. The van der Waals surface area contributed by atoms with Gasteiger partial charge in [0, 0.05) is 17.6 Å². The zero-order chi connectivity index (χ0) is 21.2. The van der Waals surface area contributed by atoms with E-state index in [1.54, 1.807) is 12.3 Å². The number of nitrogens with zero attached hydrogens (tertiary/aromatic N) is 5. The fraction of sp³-hybridized carbons (Fsp3) is 0.227. The molecule has 0 radical (unpaired) electrons. The smallest absolute Gasteiger partial charge is 0.249 e. The van der Waals surface area contributed by atoms with Crippen molar-refractivity contribution in [2.75, 3.05) is 0 Å². The number of pyridine rings is 1. The largest absolute Gasteiger partial charge is 0.419 e. The number of aromatic nitrogens is 4. The van der Waals surface area contributed by atoms with Gasteiger partial charge in [-0.3, -0.25) is 9.78 Å². The van der Waals surface area contributed by atoms with E-state index in [1.165, 1.54) is 11.3 Å². The number of rotatable bonds is 7. The molecule has 5 rings (SSSR count). The van der Waals surface area contributed by atoms with Crippen LogP contribution in [0.2, 0.25) is 5.02 Å². The lowest BCUT2D eigenvalue weighted by Crippen LogP contribution is -2.34. The lowest BCUT2D eigenvalue weighted by atomic mass is 10.2. The summed E-state index contributed by atoms with van der Waals surface area (Å²) in [6.07, 6.45) is 3.92. The van der Waals surface area contributed by atoms with Gasteiger partial charge in [0.1, 0.15) is 5.01 Å². The SMILES string of the molecule is O=C(Cc1csc(-c2ccccn2)n1)N(Cc1nnc(-c2ccccc2Cl)o1)C1CC1. The molecule has 1 aliphatic carbocycles. The Bertz CT molecular complexity index is 1210. The van der Waals surface area contributed by atoms with E-state index in [1.807, 2.05) is 46.7 Å². The first-order valence-corrected chi connectivity index (χ1v) is 11.2. The van der Waals surface area contributed by atoms with Crippen molar-refractivity contribution in [1.29, 1.82) is 0 Å². The minimum Gasteiger partial charge on any atom is -0.419 e. The van der Waals surface area contributed by atoms with Crippen LogP contribution in [-0.4, -0.2) is 37.0 Å². The summed E-state index contributed by atoms with van der Waals surface area (Å²) < 4.78 is 5.80. The molecule has 0 atom stereocenters. The van der Waals surface area contributed by atoms with Crippen molar-refractivity contribution in [3.05, 3.63) is 70.6 Å². The molecule has 0 spiro atoms. The summed E-state index contributed by atoms with van der Waals surface area (Å²) in [5, 5.41) is 11.5. The number of hydrogen-bond donors (Lipinski definition) is 0. The summed E-state index contributed by atoms with van der Waals surface area (Å²) in [6, 6.07) is 13.2. The van der Waals surface area contributed by atoms with Crippen molar-refractivity contribution in [3.63, 3.8) is 0 Å². The number of benzene rings is 1. The van der Waals surface area contributed by atoms with E-state index in [0.29, 0.717) is 22.4 Å². The van der Waals surface area contributed by atoms with E-state index in [4.69, 9.17) is 16.0 Å². The third kappa shape index (κ3) is 4.50. The van der Waals surface area contributed by atoms with Gasteiger partial charge >= 0.3 is 0 Å². The van der Waals surface area contributed by atoms with Crippen LogP contribution in [0.15, 0.2) is 58.5 Å². The molecule has 7 nitrogen and oxygen atoms in total. The van der Waals surface area contributed by atoms with Crippen LogP contribution in [-0.2, 0) is 17.8 Å². The van der Waals surface area contributed by atoms with E-state index >= 15 is 0 Å². The van der Waals surface area contributed by atoms with Crippen LogP contribution in [0.4, 0.5) is 0 Å². The van der Waals surface area contributed by atoms with Gasteiger partial charge in [-0.15, -0.1) is 21.5 Å². The summed E-state index contributed by atoms with van der Waals surface area (Å²) >= 11 is 7.71. The van der Waals surface area contributed by atoms with E-state index < -0.39 is 0 Å². The number of amides is 1. The van der Waals surface area contributed by atoms with Gasteiger partial charge in [0.2, 0.25) is 17.7 Å². The predicted octanol–water partition coefficient (Wildman–Crippen LogP) is 4.64. The molecular weight excluding hydrogens is 434 g/mol. The van der Waals surface area contributed by atoms with Crippen LogP contribution in [0.5, 0.6) is 0 Å². The molecule has 9 heteroatoms. The molecule has 0 N–H and O–H groups in total. The van der Waals surface area contributed by atoms with Crippen LogP contribution in [0, 0.1) is 0 Å². The van der Waals surface area contributed by atoms with Gasteiger partial charge in [-0.1, -0.05) is 29.8 Å². The van der Waals surface area contributed by atoms with Crippen LogP contribution in [0.25, 0.3) is 22.2 Å². The minimum atomic E-state index is -0.00198. The molecule has 1 aromatic carbocycles. The van der Waals surface area contributed by atoms with Crippen molar-refractivity contribution in [2.45, 2.75) is 31.8 Å². The molecule has 1 amide bonds. The molecule has 3 heterocycles. The standard InChI is InChI=1S/C22H18ClN5O2S/c23-17-6-2-1-5-16(17)21-27-26-19(30-21)12-28(15-8-9-15)20(29)11-14-13-31-22(25-14)18-7-3-4-10-24-18/h1-7,10,13,15H,8-9,11-12H2. The Hall–Kier alpha value is -3.10. The second kappa shape index (κ2) is 8.56. The van der Waals surface area contributed by atoms with Gasteiger partial charge in [-0.2, -0.15) is 0 Å². The highest BCUT2D eigenvalue weighted by atomic mass is 35.5. The maximum Gasteiger partial charge on any atom is 0.249 e. The molecule has 3 aromatic heterocycles. The third-order valence-corrected chi connectivity index (χ3v) is 6.20. The van der Waals surface area contributed by atoms with Crippen LogP contribution in [0.3, 0.4) is 0 Å². The first-order valence-electron chi connectivity index (χ1n) is 9.90. The average Bonchev–Trinajstić information content (AvgIpc) is 3.34. The Kier molecular flexibility index (Phi) is 5.48. The van der Waals surface area contributed by atoms with E-state index in [2.05, 4.69) is 20.2 Å². The average molecular weight is 452 g/mol. The fourth-order valence-electron chi connectivity index (χ4n) is 3.27. The van der Waals surface area contributed by atoms with Gasteiger partial charge in [0.25, 0.3) is 0 Å². The van der Waals surface area contributed by atoms with Gasteiger partial charge in [0.15, 0.2) is 0 Å². The lowest BCUT2D eigenvalue weighted by molar-refractivity contribution is -0.132. The monoisotopic (exact) mass is 451 g/mol. The molecule has 1 saturated carbocycles. The van der Waals surface area contributed by atoms with Gasteiger partial charge in [-0.05, 0) is 37.1 Å². The molecule has 0 unspecified atom stereocenters. The Labute approximate surface area is 187 Å². The van der Waals surface area contributed by atoms with Crippen LogP contribution < -0.4 is 0 Å². The quantitative estimate of drug-likeness (QED) is 0.407. The predicted molar refractivity (Wildman–Crippen MR) is 117 cm³/mol. The summed E-state index contributed by atoms with van der Waals surface area (Å²) in [4.78, 5) is 23.8. The second-order valence-electron chi connectivity index (χ2n) is 7.27. The first kappa shape index (κ1) is 19.8. The maximum atomic E-state index is 13.0. The highest BCUT2D eigenvalue weighted by Gasteiger charge is 2.34. The molecule has 156 valence electrons. The first-order chi connectivity index (χ1) is 15.2. The Morgan fingerprint density at radius 1 is 1.16 bits per heavy atom. The van der Waals surface area contributed by atoms with E-state index in [0.717, 1.165) is 29.2 Å².